The molecule has 1 N–H and O–H groups in total. The van der Waals surface area contributed by atoms with Gasteiger partial charge in [0.05, 0.1) is 29.3 Å². The summed E-state index contributed by atoms with van der Waals surface area (Å²) in [4.78, 5) is 28.3. The number of aromatic nitrogens is 1. The van der Waals surface area contributed by atoms with Gasteiger partial charge >= 0.3 is 4.87 Å². The molecule has 0 saturated carbocycles. The van der Waals surface area contributed by atoms with Crippen LogP contribution in [0.3, 0.4) is 0 Å². The highest BCUT2D eigenvalue weighted by Gasteiger charge is 2.30. The van der Waals surface area contributed by atoms with Crippen molar-refractivity contribution in [1.82, 2.24) is 14.2 Å². The van der Waals surface area contributed by atoms with E-state index in [0.29, 0.717) is 21.7 Å². The summed E-state index contributed by atoms with van der Waals surface area (Å²) in [5.74, 6) is 0.972. The predicted octanol–water partition coefficient (Wildman–Crippen LogP) is 2.15. The minimum Gasteiger partial charge on any atom is -0.493 e. The second-order valence-corrected chi connectivity index (χ2v) is 10.3. The van der Waals surface area contributed by atoms with Gasteiger partial charge in [0.2, 0.25) is 15.9 Å². The van der Waals surface area contributed by atoms with E-state index in [2.05, 4.69) is 4.98 Å². The number of carbonyl (C=O) groups is 1. The molecule has 1 fully saturated rings. The Hall–Kier alpha value is -3.15. The van der Waals surface area contributed by atoms with Gasteiger partial charge in [-0.2, -0.15) is 4.31 Å². The zero-order valence-electron chi connectivity index (χ0n) is 18.1. The summed E-state index contributed by atoms with van der Waals surface area (Å²) in [5, 5.41) is 0. The van der Waals surface area contributed by atoms with Gasteiger partial charge < -0.3 is 19.4 Å². The smallest absolute Gasteiger partial charge is 0.305 e. The van der Waals surface area contributed by atoms with Crippen molar-refractivity contribution in [1.29, 1.82) is 0 Å². The van der Waals surface area contributed by atoms with Crippen molar-refractivity contribution in [3.63, 3.8) is 0 Å². The highest BCUT2D eigenvalue weighted by Crippen LogP contribution is 2.28. The molecule has 0 atom stereocenters. The van der Waals surface area contributed by atoms with Crippen LogP contribution in [0, 0.1) is 0 Å². The molecule has 9 nitrogen and oxygen atoms in total. The SMILES string of the molecule is COc1ccc(/C=C/C(=O)N2CCN(S(=O)(=O)c3ccc4[nH]c(=O)sc4c3)CC2)cc1OC. The third kappa shape index (κ3) is 4.80. The topological polar surface area (TPSA) is 109 Å². The fourth-order valence-electron chi connectivity index (χ4n) is 3.61. The molecule has 1 amide bonds. The first-order chi connectivity index (χ1) is 15.8. The molecule has 33 heavy (non-hydrogen) atoms. The minimum absolute atomic E-state index is 0.137. The Bertz CT molecular complexity index is 1370. The number of hydrogen-bond donors (Lipinski definition) is 1. The molecule has 0 bridgehead atoms. The Morgan fingerprint density at radius 2 is 1.76 bits per heavy atom. The van der Waals surface area contributed by atoms with Crippen LogP contribution >= 0.6 is 11.3 Å². The number of rotatable bonds is 6. The number of fused-ring (bicyclic) bond motifs is 1. The van der Waals surface area contributed by atoms with E-state index in [1.54, 1.807) is 43.4 Å². The zero-order valence-corrected chi connectivity index (χ0v) is 19.7. The maximum absolute atomic E-state index is 13.0. The molecule has 0 spiro atoms. The number of thiazole rings is 1. The molecule has 4 rings (SSSR count). The lowest BCUT2D eigenvalue weighted by Crippen LogP contribution is -2.50. The Labute approximate surface area is 194 Å². The van der Waals surface area contributed by atoms with Crippen LogP contribution in [0.2, 0.25) is 0 Å². The Morgan fingerprint density at radius 3 is 2.45 bits per heavy atom. The summed E-state index contributed by atoms with van der Waals surface area (Å²) >= 11 is 0.972. The van der Waals surface area contributed by atoms with Crippen LogP contribution in [0.1, 0.15) is 5.56 Å². The molecule has 1 aliphatic rings. The number of methoxy groups -OCH3 is 2. The number of ether oxygens (including phenoxy) is 2. The summed E-state index contributed by atoms with van der Waals surface area (Å²) in [5.41, 5.74) is 1.39. The van der Waals surface area contributed by atoms with Crippen LogP contribution in [-0.2, 0) is 14.8 Å². The van der Waals surface area contributed by atoms with Gasteiger partial charge in [-0.25, -0.2) is 8.42 Å². The Kier molecular flexibility index (Phi) is 6.54. The number of aromatic amines is 1. The van der Waals surface area contributed by atoms with Crippen LogP contribution in [0.4, 0.5) is 0 Å². The van der Waals surface area contributed by atoms with E-state index in [-0.39, 0.29) is 41.9 Å². The lowest BCUT2D eigenvalue weighted by molar-refractivity contribution is -0.127. The Balaban J connectivity index is 1.40. The highest BCUT2D eigenvalue weighted by atomic mass is 32.2. The minimum atomic E-state index is -3.72. The van der Waals surface area contributed by atoms with Crippen molar-refractivity contribution < 1.29 is 22.7 Å². The largest absolute Gasteiger partial charge is 0.493 e. The highest BCUT2D eigenvalue weighted by molar-refractivity contribution is 7.89. The number of hydrogen-bond acceptors (Lipinski definition) is 7. The van der Waals surface area contributed by atoms with Crippen molar-refractivity contribution in [2.45, 2.75) is 4.90 Å². The fourth-order valence-corrected chi connectivity index (χ4v) is 5.91. The van der Waals surface area contributed by atoms with Crippen molar-refractivity contribution in [2.24, 2.45) is 0 Å². The summed E-state index contributed by atoms with van der Waals surface area (Å²) in [6.45, 7) is 0.960. The maximum atomic E-state index is 13.0. The molecular formula is C22H23N3O6S2. The van der Waals surface area contributed by atoms with Gasteiger partial charge in [-0.3, -0.25) is 9.59 Å². The van der Waals surface area contributed by atoms with E-state index in [1.807, 2.05) is 6.07 Å². The Morgan fingerprint density at radius 1 is 1.03 bits per heavy atom. The standard InChI is InChI=1S/C22H23N3O6S2/c1-30-18-7-3-15(13-19(18)31-2)4-8-21(26)24-9-11-25(12-10-24)33(28,29)16-5-6-17-20(14-16)32-22(27)23-17/h3-8,13-14H,9-12H2,1-2H3,(H,23,27)/b8-4+. The molecule has 174 valence electrons. The van der Waals surface area contributed by atoms with E-state index >= 15 is 0 Å². The number of H-pyrrole nitrogens is 1. The average Bonchev–Trinajstić information content (AvgIpc) is 3.21. The summed E-state index contributed by atoms with van der Waals surface area (Å²) in [6.07, 6.45) is 3.15. The number of amides is 1. The van der Waals surface area contributed by atoms with E-state index < -0.39 is 10.0 Å². The van der Waals surface area contributed by atoms with Crippen LogP contribution < -0.4 is 14.3 Å². The van der Waals surface area contributed by atoms with Crippen molar-refractivity contribution in [2.75, 3.05) is 40.4 Å². The molecule has 0 aliphatic carbocycles. The van der Waals surface area contributed by atoms with Gasteiger partial charge in [0.1, 0.15) is 0 Å². The molecule has 1 aliphatic heterocycles. The van der Waals surface area contributed by atoms with Crippen LogP contribution in [0.25, 0.3) is 16.3 Å². The lowest BCUT2D eigenvalue weighted by atomic mass is 10.2. The van der Waals surface area contributed by atoms with Gasteiger partial charge in [0, 0.05) is 32.3 Å². The fraction of sp³-hybridized carbons (Fsp3) is 0.273. The summed E-state index contributed by atoms with van der Waals surface area (Å²) < 4.78 is 38.5. The second kappa shape index (κ2) is 9.38. The monoisotopic (exact) mass is 489 g/mol. The number of piperazine rings is 1. The molecule has 2 heterocycles. The molecular weight excluding hydrogens is 466 g/mol. The molecule has 3 aromatic rings. The first-order valence-electron chi connectivity index (χ1n) is 10.1. The molecule has 1 saturated heterocycles. The molecule has 11 heteroatoms. The molecule has 2 aromatic carbocycles. The van der Waals surface area contributed by atoms with Gasteiger partial charge in [-0.1, -0.05) is 17.4 Å². The normalized spacial score (nSPS) is 15.3. The predicted molar refractivity (Wildman–Crippen MR) is 126 cm³/mol. The number of nitrogens with one attached hydrogen (secondary N) is 1. The van der Waals surface area contributed by atoms with Crippen LogP contribution in [0.5, 0.6) is 11.5 Å². The third-order valence-corrected chi connectivity index (χ3v) is 8.15. The van der Waals surface area contributed by atoms with Gasteiger partial charge in [-0.15, -0.1) is 0 Å². The van der Waals surface area contributed by atoms with Crippen molar-refractivity contribution >= 4 is 43.6 Å². The first-order valence-corrected chi connectivity index (χ1v) is 12.4. The van der Waals surface area contributed by atoms with E-state index in [4.69, 9.17) is 9.47 Å². The number of sulfonamides is 1. The third-order valence-electron chi connectivity index (χ3n) is 5.41. The van der Waals surface area contributed by atoms with Crippen molar-refractivity contribution in [3.05, 3.63) is 57.7 Å². The van der Waals surface area contributed by atoms with Gasteiger partial charge in [-0.05, 0) is 42.0 Å². The van der Waals surface area contributed by atoms with Gasteiger partial charge in [0.15, 0.2) is 11.5 Å². The second-order valence-electron chi connectivity index (χ2n) is 7.35. The molecule has 1 aromatic heterocycles. The first kappa shape index (κ1) is 23.0. The number of benzene rings is 2. The van der Waals surface area contributed by atoms with E-state index in [0.717, 1.165) is 16.9 Å². The number of nitrogens with zero attached hydrogens (tertiary/aromatic N) is 2. The lowest BCUT2D eigenvalue weighted by Gasteiger charge is -2.33. The quantitative estimate of drug-likeness (QED) is 0.532. The van der Waals surface area contributed by atoms with E-state index in [1.165, 1.54) is 22.5 Å². The summed E-state index contributed by atoms with van der Waals surface area (Å²) in [7, 11) is -0.623. The summed E-state index contributed by atoms with van der Waals surface area (Å²) in [6, 6.07) is 9.94. The van der Waals surface area contributed by atoms with E-state index in [9.17, 15) is 18.0 Å². The molecule has 0 unspecified atom stereocenters. The molecule has 0 radical (unpaired) electrons. The zero-order chi connectivity index (χ0) is 23.6. The maximum Gasteiger partial charge on any atom is 0.305 e. The van der Waals surface area contributed by atoms with Crippen LogP contribution in [-0.4, -0.2) is 68.9 Å². The van der Waals surface area contributed by atoms with Crippen molar-refractivity contribution in [3.8, 4) is 11.5 Å². The average molecular weight is 490 g/mol. The number of carbonyl (C=O) groups excluding carboxylic acids is 1. The van der Waals surface area contributed by atoms with Crippen LogP contribution in [0.15, 0.2) is 52.2 Å². The van der Waals surface area contributed by atoms with Gasteiger partial charge in [0.25, 0.3) is 0 Å².